The summed E-state index contributed by atoms with van der Waals surface area (Å²) >= 11 is 12.3. The third-order valence-corrected chi connectivity index (χ3v) is 7.92. The highest BCUT2D eigenvalue weighted by Crippen LogP contribution is 2.42. The van der Waals surface area contributed by atoms with Gasteiger partial charge in [0.15, 0.2) is 5.78 Å². The van der Waals surface area contributed by atoms with Crippen molar-refractivity contribution in [1.29, 1.82) is 0 Å². The van der Waals surface area contributed by atoms with E-state index in [1.807, 2.05) is 0 Å². The van der Waals surface area contributed by atoms with Crippen molar-refractivity contribution in [3.63, 3.8) is 0 Å². The highest BCUT2D eigenvalue weighted by Gasteiger charge is 2.56. The number of rotatable bonds is 5. The van der Waals surface area contributed by atoms with Gasteiger partial charge in [0, 0.05) is 45.1 Å². The smallest absolute Gasteiger partial charge is 0.407 e. The van der Waals surface area contributed by atoms with Crippen LogP contribution in [0.5, 0.6) is 0 Å². The van der Waals surface area contributed by atoms with Crippen LogP contribution in [0.4, 0.5) is 4.79 Å². The minimum atomic E-state index is -1.30. The van der Waals surface area contributed by atoms with E-state index in [2.05, 4.69) is 10.6 Å². The number of carbonyl (C=O) groups is 4. The van der Waals surface area contributed by atoms with Crippen molar-refractivity contribution in [2.45, 2.75) is 36.8 Å². The molecule has 3 heterocycles. The molecule has 3 aliphatic heterocycles. The molecule has 178 valence electrons. The second-order valence-corrected chi connectivity index (χ2v) is 9.73. The van der Waals surface area contributed by atoms with Crippen LogP contribution in [0.2, 0.25) is 10.0 Å². The van der Waals surface area contributed by atoms with Crippen LogP contribution >= 0.6 is 23.2 Å². The molecule has 0 aromatic heterocycles. The van der Waals surface area contributed by atoms with Gasteiger partial charge in [-0.15, -0.1) is 0 Å². The number of ketones is 1. The molecule has 3 N–H and O–H groups in total. The first-order chi connectivity index (χ1) is 15.6. The molecule has 3 atom stereocenters. The Morgan fingerprint density at radius 1 is 1.18 bits per heavy atom. The van der Waals surface area contributed by atoms with E-state index in [9.17, 15) is 24.3 Å². The third kappa shape index (κ3) is 4.18. The number of halogens is 2. The average molecular weight is 497 g/mol. The van der Waals surface area contributed by atoms with Crippen LogP contribution in [0.1, 0.15) is 30.7 Å². The van der Waals surface area contributed by atoms with Crippen LogP contribution in [0, 0.1) is 5.92 Å². The Hall–Kier alpha value is -2.36. The molecule has 1 aromatic rings. The maximum atomic E-state index is 14.0. The van der Waals surface area contributed by atoms with Crippen molar-refractivity contribution in [3.8, 4) is 0 Å². The van der Waals surface area contributed by atoms with Crippen molar-refractivity contribution in [2.75, 3.05) is 33.2 Å². The molecule has 11 heteroatoms. The molecule has 0 spiro atoms. The largest absolute Gasteiger partial charge is 0.465 e. The fourth-order valence-electron chi connectivity index (χ4n) is 5.21. The summed E-state index contributed by atoms with van der Waals surface area (Å²) in [6.45, 7) is 1.38. The van der Waals surface area contributed by atoms with Gasteiger partial charge in [-0.3, -0.25) is 19.3 Å². The van der Waals surface area contributed by atoms with Gasteiger partial charge in [0.25, 0.3) is 0 Å². The lowest BCUT2D eigenvalue weighted by Crippen LogP contribution is -2.62. The number of benzene rings is 1. The second-order valence-electron chi connectivity index (χ2n) is 8.91. The third-order valence-electron chi connectivity index (χ3n) is 7.18. The van der Waals surface area contributed by atoms with Crippen LogP contribution in [0.15, 0.2) is 18.2 Å². The lowest BCUT2D eigenvalue weighted by Gasteiger charge is -2.44. The standard InChI is InChI=1S/C22H26Cl2N4O5/c1-27(21(32)33)22(11-25-10-14(22)13-2-3-15(23)16(24)8-13)19(30)12-4-6-28(7-5-12)20(31)17-9-18(29)26-17/h2-3,8,12,14,17,25H,4-7,9-11H2,1H3,(H,26,29)(H,32,33)/t14-,17-,22+/m0/s1. The van der Waals surface area contributed by atoms with Crippen LogP contribution in [0.25, 0.3) is 0 Å². The molecule has 0 saturated carbocycles. The van der Waals surface area contributed by atoms with E-state index in [-0.39, 0.29) is 30.6 Å². The van der Waals surface area contributed by atoms with E-state index < -0.39 is 29.5 Å². The molecule has 0 radical (unpaired) electrons. The van der Waals surface area contributed by atoms with Crippen LogP contribution < -0.4 is 10.6 Å². The summed E-state index contributed by atoms with van der Waals surface area (Å²) in [4.78, 5) is 52.5. The zero-order valence-corrected chi connectivity index (χ0v) is 19.7. The molecule has 0 aliphatic carbocycles. The number of piperidine rings is 1. The summed E-state index contributed by atoms with van der Waals surface area (Å²) in [7, 11) is 1.43. The van der Waals surface area contributed by atoms with Gasteiger partial charge in [0.1, 0.15) is 11.6 Å². The van der Waals surface area contributed by atoms with Gasteiger partial charge in [-0.1, -0.05) is 29.3 Å². The predicted molar refractivity (Wildman–Crippen MR) is 121 cm³/mol. The fraction of sp³-hybridized carbons (Fsp3) is 0.545. The van der Waals surface area contributed by atoms with Gasteiger partial charge in [-0.05, 0) is 30.5 Å². The number of likely N-dealkylation sites (tertiary alicyclic amines) is 1. The predicted octanol–water partition coefficient (Wildman–Crippen LogP) is 1.72. The minimum absolute atomic E-state index is 0.130. The van der Waals surface area contributed by atoms with Crippen LogP contribution in [0.3, 0.4) is 0 Å². The fourth-order valence-corrected chi connectivity index (χ4v) is 5.52. The maximum Gasteiger partial charge on any atom is 0.407 e. The molecular weight excluding hydrogens is 471 g/mol. The van der Waals surface area contributed by atoms with Crippen molar-refractivity contribution < 1.29 is 24.3 Å². The lowest BCUT2D eigenvalue weighted by molar-refractivity contribution is -0.145. The number of hydrogen-bond donors (Lipinski definition) is 3. The highest BCUT2D eigenvalue weighted by molar-refractivity contribution is 6.42. The summed E-state index contributed by atoms with van der Waals surface area (Å²) < 4.78 is 0. The van der Waals surface area contributed by atoms with Crippen LogP contribution in [-0.2, 0) is 14.4 Å². The van der Waals surface area contributed by atoms with Crippen molar-refractivity contribution in [3.05, 3.63) is 33.8 Å². The molecular formula is C22H26Cl2N4O5. The van der Waals surface area contributed by atoms with E-state index >= 15 is 0 Å². The summed E-state index contributed by atoms with van der Waals surface area (Å²) in [5, 5.41) is 16.4. The normalized spacial score (nSPS) is 27.6. The van der Waals surface area contributed by atoms with Gasteiger partial charge in [-0.2, -0.15) is 0 Å². The molecule has 9 nitrogen and oxygen atoms in total. The first-order valence-corrected chi connectivity index (χ1v) is 11.7. The average Bonchev–Trinajstić information content (AvgIpc) is 3.23. The molecule has 0 unspecified atom stereocenters. The molecule has 1 aromatic carbocycles. The zero-order chi connectivity index (χ0) is 23.9. The maximum absolute atomic E-state index is 14.0. The monoisotopic (exact) mass is 496 g/mol. The second kappa shape index (κ2) is 9.12. The Balaban J connectivity index is 1.56. The Bertz CT molecular complexity index is 989. The summed E-state index contributed by atoms with van der Waals surface area (Å²) in [5.74, 6) is -1.26. The van der Waals surface area contributed by atoms with Crippen LogP contribution in [-0.4, -0.2) is 83.4 Å². The highest BCUT2D eigenvalue weighted by atomic mass is 35.5. The Morgan fingerprint density at radius 2 is 1.85 bits per heavy atom. The SMILES string of the molecule is CN(C(=O)O)[C@]1(C(=O)C2CCN(C(=O)[C@@H]3CC(=O)N3)CC2)CNC[C@H]1c1ccc(Cl)c(Cl)c1. The summed E-state index contributed by atoms with van der Waals surface area (Å²) in [6, 6.07) is 4.63. The lowest BCUT2D eigenvalue weighted by atomic mass is 9.72. The summed E-state index contributed by atoms with van der Waals surface area (Å²) in [5.41, 5.74) is -0.564. The number of nitrogens with zero attached hydrogens (tertiary/aromatic N) is 2. The van der Waals surface area contributed by atoms with Gasteiger partial charge >= 0.3 is 6.09 Å². The van der Waals surface area contributed by atoms with E-state index in [4.69, 9.17) is 23.2 Å². The number of carboxylic acid groups (broad SMARTS) is 1. The van der Waals surface area contributed by atoms with E-state index in [1.165, 1.54) is 7.05 Å². The molecule has 3 aliphatic rings. The quantitative estimate of drug-likeness (QED) is 0.534. The van der Waals surface area contributed by atoms with E-state index in [0.29, 0.717) is 42.5 Å². The summed E-state index contributed by atoms with van der Waals surface area (Å²) in [6.07, 6.45) is -0.116. The van der Waals surface area contributed by atoms with Crippen molar-refractivity contribution in [1.82, 2.24) is 20.4 Å². The number of nitrogens with one attached hydrogen (secondary N) is 2. The Kier molecular flexibility index (Phi) is 6.57. The molecule has 3 saturated heterocycles. The number of likely N-dealkylation sites (N-methyl/N-ethyl adjacent to an activating group) is 1. The Labute approximate surface area is 201 Å². The van der Waals surface area contributed by atoms with Gasteiger partial charge < -0.3 is 20.6 Å². The molecule has 0 bridgehead atoms. The number of hydrogen-bond acceptors (Lipinski definition) is 5. The first kappa shape index (κ1) is 23.8. The number of Topliss-reactive ketones (excluding diaryl/α,β-unsaturated/α-hetero) is 1. The van der Waals surface area contributed by atoms with Gasteiger partial charge in [0.05, 0.1) is 16.5 Å². The van der Waals surface area contributed by atoms with E-state index in [0.717, 1.165) is 10.5 Å². The van der Waals surface area contributed by atoms with Gasteiger partial charge in [-0.25, -0.2) is 4.79 Å². The number of β-lactam (4-membered cyclic amide) rings is 1. The van der Waals surface area contributed by atoms with E-state index in [1.54, 1.807) is 23.1 Å². The molecule has 4 rings (SSSR count). The number of amides is 3. The van der Waals surface area contributed by atoms with Crippen molar-refractivity contribution >= 4 is 46.9 Å². The minimum Gasteiger partial charge on any atom is -0.465 e. The molecule has 3 fully saturated rings. The van der Waals surface area contributed by atoms with Crippen molar-refractivity contribution in [2.24, 2.45) is 5.92 Å². The topological polar surface area (TPSA) is 119 Å². The first-order valence-electron chi connectivity index (χ1n) is 10.9. The molecule has 33 heavy (non-hydrogen) atoms. The Morgan fingerprint density at radius 3 is 2.42 bits per heavy atom. The zero-order valence-electron chi connectivity index (χ0n) is 18.1. The number of carbonyl (C=O) groups excluding carboxylic acids is 3. The van der Waals surface area contributed by atoms with Gasteiger partial charge in [0.2, 0.25) is 11.8 Å². The molecule has 3 amide bonds.